The van der Waals surface area contributed by atoms with E-state index in [0.29, 0.717) is 12.5 Å². The Balaban J connectivity index is 0.000000656. The molecule has 2 aromatic carbocycles. The fraction of sp³-hybridized carbons (Fsp3) is 0.286. The highest BCUT2D eigenvalue weighted by Gasteiger charge is 2.09. The van der Waals surface area contributed by atoms with Crippen molar-refractivity contribution in [1.29, 1.82) is 0 Å². The maximum absolute atomic E-state index is 13.4. The van der Waals surface area contributed by atoms with E-state index in [4.69, 9.17) is 24.5 Å². The molecule has 1 amide bonds. The van der Waals surface area contributed by atoms with Gasteiger partial charge in [-0.3, -0.25) is 4.79 Å². The third-order valence-electron chi connectivity index (χ3n) is 3.70. The normalized spacial score (nSPS) is 10.0. The summed E-state index contributed by atoms with van der Waals surface area (Å²) in [6.45, 7) is 5.09. The van der Waals surface area contributed by atoms with Crippen molar-refractivity contribution >= 4 is 23.5 Å². The number of rotatable bonds is 8. The van der Waals surface area contributed by atoms with Crippen molar-refractivity contribution in [3.05, 3.63) is 59.9 Å². The molecule has 0 bridgehead atoms. The topological polar surface area (TPSA) is 125 Å². The van der Waals surface area contributed by atoms with E-state index in [-0.39, 0.29) is 30.6 Å². The molecule has 9 heteroatoms. The molecule has 0 aliphatic rings. The van der Waals surface area contributed by atoms with Crippen LogP contribution in [0.3, 0.4) is 0 Å². The van der Waals surface area contributed by atoms with Crippen LogP contribution in [-0.4, -0.2) is 47.8 Å². The zero-order valence-corrected chi connectivity index (χ0v) is 16.7. The van der Waals surface area contributed by atoms with E-state index in [0.717, 1.165) is 11.3 Å². The summed E-state index contributed by atoms with van der Waals surface area (Å²) >= 11 is 0. The molecule has 0 atom stereocenters. The van der Waals surface area contributed by atoms with E-state index in [1.807, 2.05) is 24.3 Å². The molecule has 0 aliphatic carbocycles. The SMILES string of the molecule is CC(C)c1ccccc1NC(=O)CNCCOc1ccccc1F.O=C(O)C(=O)O. The molecule has 0 fully saturated rings. The first-order valence-electron chi connectivity index (χ1n) is 9.15. The van der Waals surface area contributed by atoms with Crippen molar-refractivity contribution in [2.24, 2.45) is 0 Å². The van der Waals surface area contributed by atoms with E-state index >= 15 is 0 Å². The molecule has 162 valence electrons. The number of amides is 1. The predicted molar refractivity (Wildman–Crippen MR) is 109 cm³/mol. The number of benzene rings is 2. The summed E-state index contributed by atoms with van der Waals surface area (Å²) in [6.07, 6.45) is 0. The first-order valence-corrected chi connectivity index (χ1v) is 9.15. The van der Waals surface area contributed by atoms with Crippen LogP contribution in [0.15, 0.2) is 48.5 Å². The Labute approximate surface area is 173 Å². The minimum atomic E-state index is -1.82. The molecule has 0 heterocycles. The third kappa shape index (κ3) is 9.16. The van der Waals surface area contributed by atoms with Gasteiger partial charge in [0.15, 0.2) is 11.6 Å². The number of anilines is 1. The van der Waals surface area contributed by atoms with Crippen molar-refractivity contribution in [2.75, 3.05) is 25.0 Å². The zero-order valence-electron chi connectivity index (χ0n) is 16.7. The van der Waals surface area contributed by atoms with Crippen molar-refractivity contribution in [3.63, 3.8) is 0 Å². The average molecular weight is 420 g/mol. The fourth-order valence-corrected chi connectivity index (χ4v) is 2.31. The molecule has 0 aliphatic heterocycles. The Bertz CT molecular complexity index is 845. The second kappa shape index (κ2) is 12.9. The van der Waals surface area contributed by atoms with E-state index in [9.17, 15) is 9.18 Å². The Morgan fingerprint density at radius 3 is 2.20 bits per heavy atom. The standard InChI is InChI=1S/C19H23FN2O2.C2H2O4/c1-14(2)15-7-3-5-9-17(15)22-19(23)13-21-11-12-24-18-10-6-4-8-16(18)20;3-1(4)2(5)6/h3-10,14,21H,11-13H2,1-2H3,(H,22,23);(H,3,4)(H,5,6). The zero-order chi connectivity index (χ0) is 22.5. The van der Waals surface area contributed by atoms with Crippen molar-refractivity contribution in [2.45, 2.75) is 19.8 Å². The average Bonchev–Trinajstić information content (AvgIpc) is 2.69. The van der Waals surface area contributed by atoms with E-state index in [2.05, 4.69) is 24.5 Å². The minimum absolute atomic E-state index is 0.117. The molecule has 0 saturated heterocycles. The summed E-state index contributed by atoms with van der Waals surface area (Å²) < 4.78 is 18.7. The number of hydrogen-bond acceptors (Lipinski definition) is 5. The van der Waals surface area contributed by atoms with Gasteiger partial charge in [-0.2, -0.15) is 0 Å². The van der Waals surface area contributed by atoms with Crippen LogP contribution < -0.4 is 15.4 Å². The van der Waals surface area contributed by atoms with Crippen LogP contribution in [0.2, 0.25) is 0 Å². The highest BCUT2D eigenvalue weighted by atomic mass is 19.1. The van der Waals surface area contributed by atoms with Crippen molar-refractivity contribution in [1.82, 2.24) is 5.32 Å². The number of nitrogens with one attached hydrogen (secondary N) is 2. The molecule has 0 unspecified atom stereocenters. The maximum atomic E-state index is 13.4. The van der Waals surface area contributed by atoms with Crippen LogP contribution >= 0.6 is 0 Å². The number of halogens is 1. The summed E-state index contributed by atoms with van der Waals surface area (Å²) in [5, 5.41) is 20.7. The van der Waals surface area contributed by atoms with Gasteiger partial charge in [0.05, 0.1) is 6.54 Å². The molecule has 0 aromatic heterocycles. The highest BCUT2D eigenvalue weighted by molar-refractivity contribution is 6.27. The van der Waals surface area contributed by atoms with Crippen LogP contribution in [0.1, 0.15) is 25.3 Å². The van der Waals surface area contributed by atoms with Crippen LogP contribution in [0, 0.1) is 5.82 Å². The quantitative estimate of drug-likeness (QED) is 0.382. The molecule has 8 nitrogen and oxygen atoms in total. The second-order valence-corrected chi connectivity index (χ2v) is 6.36. The smallest absolute Gasteiger partial charge is 0.414 e. The molecular formula is C21H25FN2O6. The molecule has 2 rings (SSSR count). The number of carboxylic acid groups (broad SMARTS) is 2. The number of para-hydroxylation sites is 2. The van der Waals surface area contributed by atoms with Gasteiger partial charge in [-0.15, -0.1) is 0 Å². The van der Waals surface area contributed by atoms with Gasteiger partial charge in [-0.25, -0.2) is 14.0 Å². The second-order valence-electron chi connectivity index (χ2n) is 6.36. The van der Waals surface area contributed by atoms with Gasteiger partial charge in [0.1, 0.15) is 6.61 Å². The van der Waals surface area contributed by atoms with E-state index < -0.39 is 11.9 Å². The largest absolute Gasteiger partial charge is 0.489 e. The summed E-state index contributed by atoms with van der Waals surface area (Å²) in [7, 11) is 0. The summed E-state index contributed by atoms with van der Waals surface area (Å²) in [5.41, 5.74) is 1.94. The van der Waals surface area contributed by atoms with Gasteiger partial charge < -0.3 is 25.6 Å². The van der Waals surface area contributed by atoms with Crippen molar-refractivity contribution in [3.8, 4) is 5.75 Å². The Hall–Kier alpha value is -3.46. The van der Waals surface area contributed by atoms with Crippen molar-refractivity contribution < 1.29 is 33.7 Å². The molecule has 2 aromatic rings. The Morgan fingerprint density at radius 1 is 1.00 bits per heavy atom. The molecule has 0 saturated carbocycles. The lowest BCUT2D eigenvalue weighted by atomic mass is 10.0. The van der Waals surface area contributed by atoms with Gasteiger partial charge in [0, 0.05) is 12.2 Å². The summed E-state index contributed by atoms with van der Waals surface area (Å²) in [5.74, 6) is -3.60. The van der Waals surface area contributed by atoms with Crippen LogP contribution in [-0.2, 0) is 14.4 Å². The monoisotopic (exact) mass is 420 g/mol. The number of carbonyl (C=O) groups is 3. The lowest BCUT2D eigenvalue weighted by molar-refractivity contribution is -0.159. The first kappa shape index (κ1) is 24.6. The maximum Gasteiger partial charge on any atom is 0.414 e. The summed E-state index contributed by atoms with van der Waals surface area (Å²) in [4.78, 5) is 30.2. The minimum Gasteiger partial charge on any atom is -0.489 e. The molecule has 0 radical (unpaired) electrons. The predicted octanol–water partition coefficient (Wildman–Crippen LogP) is 2.71. The number of hydrogen-bond donors (Lipinski definition) is 4. The number of aliphatic carboxylic acids is 2. The number of carboxylic acids is 2. The highest BCUT2D eigenvalue weighted by Crippen LogP contribution is 2.23. The number of carbonyl (C=O) groups excluding carboxylic acids is 1. The van der Waals surface area contributed by atoms with Gasteiger partial charge in [0.2, 0.25) is 5.91 Å². The molecule has 30 heavy (non-hydrogen) atoms. The lowest BCUT2D eigenvalue weighted by Gasteiger charge is -2.14. The van der Waals surface area contributed by atoms with Gasteiger partial charge in [0.25, 0.3) is 0 Å². The van der Waals surface area contributed by atoms with Gasteiger partial charge in [-0.1, -0.05) is 44.2 Å². The molecule has 0 spiro atoms. The Morgan fingerprint density at radius 2 is 1.60 bits per heavy atom. The van der Waals surface area contributed by atoms with Gasteiger partial charge >= 0.3 is 11.9 Å². The molecule has 4 N–H and O–H groups in total. The first-order chi connectivity index (χ1) is 14.2. The third-order valence-corrected chi connectivity index (χ3v) is 3.70. The van der Waals surface area contributed by atoms with Crippen LogP contribution in [0.4, 0.5) is 10.1 Å². The van der Waals surface area contributed by atoms with Crippen LogP contribution in [0.25, 0.3) is 0 Å². The Kier molecular flexibility index (Phi) is 10.6. The lowest BCUT2D eigenvalue weighted by Crippen LogP contribution is -2.31. The van der Waals surface area contributed by atoms with Crippen LogP contribution in [0.5, 0.6) is 5.75 Å². The van der Waals surface area contributed by atoms with E-state index in [1.54, 1.807) is 18.2 Å². The number of ether oxygens (including phenoxy) is 1. The fourth-order valence-electron chi connectivity index (χ4n) is 2.31. The van der Waals surface area contributed by atoms with Gasteiger partial charge in [-0.05, 0) is 29.7 Å². The molecular weight excluding hydrogens is 395 g/mol. The summed E-state index contributed by atoms with van der Waals surface area (Å²) in [6, 6.07) is 14.0. The van der Waals surface area contributed by atoms with E-state index in [1.165, 1.54) is 6.07 Å².